The summed E-state index contributed by atoms with van der Waals surface area (Å²) in [6.07, 6.45) is 3.83. The Bertz CT molecular complexity index is 211. The summed E-state index contributed by atoms with van der Waals surface area (Å²) in [4.78, 5) is 3.06. The lowest BCUT2D eigenvalue weighted by molar-refractivity contribution is 0.230. The Kier molecular flexibility index (Phi) is 3.90. The van der Waals surface area contributed by atoms with Crippen LogP contribution >= 0.6 is 12.2 Å². The standard InChI is InChI=1S/C11H22N2S/c1-4-11(5-2)6-7-13(8-11)9(3)10(12)14/h9H,4-8H2,1-3H3,(H2,12,14). The summed E-state index contributed by atoms with van der Waals surface area (Å²) in [5, 5.41) is 0. The fraction of sp³-hybridized carbons (Fsp3) is 0.909. The average molecular weight is 214 g/mol. The van der Waals surface area contributed by atoms with Gasteiger partial charge in [-0.25, -0.2) is 0 Å². The molecule has 0 aromatic rings. The molecule has 1 fully saturated rings. The third kappa shape index (κ3) is 2.26. The SMILES string of the molecule is CCC1(CC)CCN(C(C)C(N)=S)C1. The highest BCUT2D eigenvalue weighted by Crippen LogP contribution is 2.37. The second-order valence-corrected chi connectivity index (χ2v) is 4.98. The minimum Gasteiger partial charge on any atom is -0.392 e. The molecule has 0 aliphatic carbocycles. The predicted molar refractivity (Wildman–Crippen MR) is 65.5 cm³/mol. The maximum Gasteiger partial charge on any atom is 0.0899 e. The van der Waals surface area contributed by atoms with Crippen LogP contribution in [-0.2, 0) is 0 Å². The normalized spacial score (nSPS) is 23.6. The van der Waals surface area contributed by atoms with Crippen LogP contribution in [0.3, 0.4) is 0 Å². The summed E-state index contributed by atoms with van der Waals surface area (Å²) in [6, 6.07) is 0.268. The quantitative estimate of drug-likeness (QED) is 0.727. The summed E-state index contributed by atoms with van der Waals surface area (Å²) < 4.78 is 0. The van der Waals surface area contributed by atoms with Gasteiger partial charge in [0.25, 0.3) is 0 Å². The van der Waals surface area contributed by atoms with Crippen molar-refractivity contribution < 1.29 is 0 Å². The summed E-state index contributed by atoms with van der Waals surface area (Å²) in [6.45, 7) is 9.01. The Morgan fingerprint density at radius 2 is 2.07 bits per heavy atom. The molecule has 1 rings (SSSR count). The van der Waals surface area contributed by atoms with Crippen molar-refractivity contribution in [2.24, 2.45) is 11.1 Å². The highest BCUT2D eigenvalue weighted by molar-refractivity contribution is 7.80. The van der Waals surface area contributed by atoms with Gasteiger partial charge >= 0.3 is 0 Å². The van der Waals surface area contributed by atoms with Gasteiger partial charge in [-0.3, -0.25) is 4.90 Å². The Hall–Kier alpha value is -0.150. The molecule has 1 aliphatic heterocycles. The van der Waals surface area contributed by atoms with E-state index in [9.17, 15) is 0 Å². The Morgan fingerprint density at radius 3 is 2.43 bits per heavy atom. The van der Waals surface area contributed by atoms with Crippen LogP contribution in [0.25, 0.3) is 0 Å². The number of thiocarbonyl (C=S) groups is 1. The number of nitrogens with two attached hydrogens (primary N) is 1. The molecule has 1 aliphatic rings. The molecule has 0 aromatic carbocycles. The summed E-state index contributed by atoms with van der Waals surface area (Å²) in [7, 11) is 0. The van der Waals surface area contributed by atoms with Gasteiger partial charge in [-0.15, -0.1) is 0 Å². The zero-order valence-corrected chi connectivity index (χ0v) is 10.4. The maximum atomic E-state index is 5.68. The second kappa shape index (κ2) is 4.58. The fourth-order valence-electron chi connectivity index (χ4n) is 2.31. The summed E-state index contributed by atoms with van der Waals surface area (Å²) in [5.41, 5.74) is 6.20. The topological polar surface area (TPSA) is 29.3 Å². The van der Waals surface area contributed by atoms with Crippen LogP contribution in [0.2, 0.25) is 0 Å². The molecular formula is C11H22N2S. The van der Waals surface area contributed by atoms with Crippen molar-refractivity contribution in [3.8, 4) is 0 Å². The van der Waals surface area contributed by atoms with E-state index in [0.717, 1.165) is 6.54 Å². The third-order valence-corrected chi connectivity index (χ3v) is 4.27. The monoisotopic (exact) mass is 214 g/mol. The molecule has 1 unspecified atom stereocenters. The fourth-order valence-corrected chi connectivity index (χ4v) is 2.46. The van der Waals surface area contributed by atoms with Gasteiger partial charge < -0.3 is 5.73 Å². The van der Waals surface area contributed by atoms with Crippen molar-refractivity contribution in [1.29, 1.82) is 0 Å². The molecule has 0 bridgehead atoms. The summed E-state index contributed by atoms with van der Waals surface area (Å²) in [5.74, 6) is 0. The van der Waals surface area contributed by atoms with Gasteiger partial charge in [-0.1, -0.05) is 26.1 Å². The van der Waals surface area contributed by atoms with E-state index in [4.69, 9.17) is 18.0 Å². The average Bonchev–Trinajstić information content (AvgIpc) is 2.61. The van der Waals surface area contributed by atoms with Crippen molar-refractivity contribution in [3.63, 3.8) is 0 Å². The highest BCUT2D eigenvalue weighted by Gasteiger charge is 2.36. The first kappa shape index (κ1) is 11.9. The first-order valence-corrected chi connectivity index (χ1v) is 5.99. The van der Waals surface area contributed by atoms with E-state index in [-0.39, 0.29) is 6.04 Å². The molecule has 0 radical (unpaired) electrons. The predicted octanol–water partition coefficient (Wildman–Crippen LogP) is 2.17. The van der Waals surface area contributed by atoms with E-state index in [1.807, 2.05) is 0 Å². The highest BCUT2D eigenvalue weighted by atomic mass is 32.1. The van der Waals surface area contributed by atoms with Gasteiger partial charge in [0, 0.05) is 6.54 Å². The molecule has 0 aromatic heterocycles. The van der Waals surface area contributed by atoms with Crippen LogP contribution < -0.4 is 5.73 Å². The van der Waals surface area contributed by atoms with Crippen LogP contribution in [0.5, 0.6) is 0 Å². The van der Waals surface area contributed by atoms with E-state index in [1.54, 1.807) is 0 Å². The molecule has 2 N–H and O–H groups in total. The lowest BCUT2D eigenvalue weighted by Crippen LogP contribution is -2.41. The largest absolute Gasteiger partial charge is 0.392 e. The Balaban J connectivity index is 2.60. The number of hydrogen-bond donors (Lipinski definition) is 1. The lowest BCUT2D eigenvalue weighted by atomic mass is 9.82. The Labute approximate surface area is 92.8 Å². The van der Waals surface area contributed by atoms with E-state index >= 15 is 0 Å². The van der Waals surface area contributed by atoms with Gasteiger partial charge in [0.1, 0.15) is 0 Å². The molecule has 0 spiro atoms. The van der Waals surface area contributed by atoms with Crippen LogP contribution in [0.1, 0.15) is 40.0 Å². The van der Waals surface area contributed by atoms with Crippen molar-refractivity contribution in [1.82, 2.24) is 4.90 Å². The van der Waals surface area contributed by atoms with Crippen molar-refractivity contribution in [2.45, 2.75) is 46.1 Å². The maximum absolute atomic E-state index is 5.68. The zero-order valence-electron chi connectivity index (χ0n) is 9.55. The minimum atomic E-state index is 0.268. The van der Waals surface area contributed by atoms with Crippen LogP contribution in [-0.4, -0.2) is 29.0 Å². The number of nitrogens with zero attached hydrogens (tertiary/aromatic N) is 1. The Morgan fingerprint density at radius 1 is 1.50 bits per heavy atom. The van der Waals surface area contributed by atoms with E-state index in [0.29, 0.717) is 10.4 Å². The van der Waals surface area contributed by atoms with Crippen LogP contribution in [0.15, 0.2) is 0 Å². The molecule has 2 nitrogen and oxygen atoms in total. The molecule has 0 amide bonds. The number of likely N-dealkylation sites (tertiary alicyclic amines) is 1. The van der Waals surface area contributed by atoms with Crippen LogP contribution in [0.4, 0.5) is 0 Å². The molecular weight excluding hydrogens is 192 g/mol. The van der Waals surface area contributed by atoms with Crippen molar-refractivity contribution in [3.05, 3.63) is 0 Å². The minimum absolute atomic E-state index is 0.268. The first-order valence-electron chi connectivity index (χ1n) is 5.58. The molecule has 3 heteroatoms. The molecule has 82 valence electrons. The third-order valence-electron chi connectivity index (χ3n) is 3.93. The smallest absolute Gasteiger partial charge is 0.0899 e. The number of hydrogen-bond acceptors (Lipinski definition) is 2. The van der Waals surface area contributed by atoms with Gasteiger partial charge in [-0.2, -0.15) is 0 Å². The second-order valence-electron chi connectivity index (χ2n) is 4.51. The van der Waals surface area contributed by atoms with E-state index < -0.39 is 0 Å². The van der Waals surface area contributed by atoms with E-state index in [1.165, 1.54) is 25.8 Å². The van der Waals surface area contributed by atoms with E-state index in [2.05, 4.69) is 25.7 Å². The summed E-state index contributed by atoms with van der Waals surface area (Å²) >= 11 is 5.04. The van der Waals surface area contributed by atoms with Crippen LogP contribution in [0, 0.1) is 5.41 Å². The van der Waals surface area contributed by atoms with Gasteiger partial charge in [0.05, 0.1) is 11.0 Å². The van der Waals surface area contributed by atoms with Gasteiger partial charge in [0.15, 0.2) is 0 Å². The molecule has 1 saturated heterocycles. The zero-order chi connectivity index (χ0) is 10.8. The van der Waals surface area contributed by atoms with Gasteiger partial charge in [-0.05, 0) is 38.1 Å². The molecule has 14 heavy (non-hydrogen) atoms. The van der Waals surface area contributed by atoms with Gasteiger partial charge in [0.2, 0.25) is 0 Å². The molecule has 1 atom stereocenters. The molecule has 1 heterocycles. The first-order chi connectivity index (χ1) is 6.54. The lowest BCUT2D eigenvalue weighted by Gasteiger charge is -2.29. The molecule has 0 saturated carbocycles. The van der Waals surface area contributed by atoms with Crippen molar-refractivity contribution in [2.75, 3.05) is 13.1 Å². The van der Waals surface area contributed by atoms with Crippen molar-refractivity contribution >= 4 is 17.2 Å². The number of rotatable bonds is 4.